The fourth-order valence-electron chi connectivity index (χ4n) is 2.13. The molecule has 0 aliphatic rings. The van der Waals surface area contributed by atoms with Crippen LogP contribution >= 0.6 is 0 Å². The molecule has 1 aromatic heterocycles. The third-order valence-electron chi connectivity index (χ3n) is 3.22. The van der Waals surface area contributed by atoms with Gasteiger partial charge in [0.05, 0.1) is 11.0 Å². The molecule has 6 heteroatoms. The Labute approximate surface area is 117 Å². The smallest absolute Gasteiger partial charge is 0.323 e. The summed E-state index contributed by atoms with van der Waals surface area (Å²) in [6, 6.07) is 5.91. The average molecular weight is 276 g/mol. The van der Waals surface area contributed by atoms with Crippen molar-refractivity contribution in [3.8, 4) is 0 Å². The molecule has 4 N–H and O–H groups in total. The number of imidazole rings is 1. The number of carbonyl (C=O) groups excluding carboxylic acids is 1. The molecule has 0 aliphatic carbocycles. The summed E-state index contributed by atoms with van der Waals surface area (Å²) in [5.74, 6) is 0.0533. The van der Waals surface area contributed by atoms with Gasteiger partial charge in [0.2, 0.25) is 5.91 Å². The number of H-pyrrole nitrogens is 2. The first kappa shape index (κ1) is 14.3. The summed E-state index contributed by atoms with van der Waals surface area (Å²) >= 11 is 0. The van der Waals surface area contributed by atoms with Crippen molar-refractivity contribution >= 4 is 16.9 Å². The number of benzene rings is 1. The first-order chi connectivity index (χ1) is 9.60. The highest BCUT2D eigenvalue weighted by molar-refractivity contribution is 5.76. The minimum atomic E-state index is -0.200. The number of aromatic amines is 2. The molecule has 6 nitrogen and oxygen atoms in total. The summed E-state index contributed by atoms with van der Waals surface area (Å²) in [6.45, 7) is 5.21. The molecule has 1 heterocycles. The van der Waals surface area contributed by atoms with Crippen molar-refractivity contribution in [2.45, 2.75) is 26.3 Å². The van der Waals surface area contributed by atoms with Crippen molar-refractivity contribution in [2.24, 2.45) is 0 Å². The number of aromatic nitrogens is 2. The molecular weight excluding hydrogens is 256 g/mol. The second-order valence-corrected chi connectivity index (χ2v) is 4.76. The largest absolute Gasteiger partial charge is 0.356 e. The van der Waals surface area contributed by atoms with Crippen molar-refractivity contribution in [1.82, 2.24) is 20.6 Å². The van der Waals surface area contributed by atoms with Crippen molar-refractivity contribution in [3.63, 3.8) is 0 Å². The van der Waals surface area contributed by atoms with E-state index < -0.39 is 0 Å². The van der Waals surface area contributed by atoms with E-state index in [0.29, 0.717) is 19.5 Å². The predicted molar refractivity (Wildman–Crippen MR) is 78.6 cm³/mol. The first-order valence-corrected chi connectivity index (χ1v) is 6.82. The van der Waals surface area contributed by atoms with E-state index >= 15 is 0 Å². The van der Waals surface area contributed by atoms with Gasteiger partial charge in [-0.1, -0.05) is 6.07 Å². The molecule has 0 saturated carbocycles. The van der Waals surface area contributed by atoms with Gasteiger partial charge in [-0.2, -0.15) is 0 Å². The summed E-state index contributed by atoms with van der Waals surface area (Å²) in [4.78, 5) is 28.0. The number of fused-ring (bicyclic) bond motifs is 1. The fraction of sp³-hybridized carbons (Fsp3) is 0.429. The minimum Gasteiger partial charge on any atom is -0.356 e. The summed E-state index contributed by atoms with van der Waals surface area (Å²) < 4.78 is 0. The molecule has 1 amide bonds. The average Bonchev–Trinajstić information content (AvgIpc) is 2.77. The van der Waals surface area contributed by atoms with Crippen LogP contribution in [0.4, 0.5) is 0 Å². The Hall–Kier alpha value is -2.08. The van der Waals surface area contributed by atoms with Gasteiger partial charge >= 0.3 is 5.69 Å². The van der Waals surface area contributed by atoms with Crippen molar-refractivity contribution in [3.05, 3.63) is 34.2 Å². The zero-order chi connectivity index (χ0) is 14.5. The quantitative estimate of drug-likeness (QED) is 0.635. The number of nitrogens with one attached hydrogen (secondary N) is 4. The van der Waals surface area contributed by atoms with Gasteiger partial charge < -0.3 is 20.6 Å². The second-order valence-electron chi connectivity index (χ2n) is 4.76. The number of amides is 1. The Balaban J connectivity index is 1.95. The lowest BCUT2D eigenvalue weighted by atomic mass is 10.1. The highest BCUT2D eigenvalue weighted by Crippen LogP contribution is 2.16. The van der Waals surface area contributed by atoms with Crippen LogP contribution in [0.5, 0.6) is 0 Å². The van der Waals surface area contributed by atoms with Gasteiger partial charge in [0, 0.05) is 25.6 Å². The fourth-order valence-corrected chi connectivity index (χ4v) is 2.13. The van der Waals surface area contributed by atoms with Crippen LogP contribution in [0.1, 0.15) is 31.9 Å². The zero-order valence-electron chi connectivity index (χ0n) is 11.7. The molecule has 1 unspecified atom stereocenters. The molecule has 0 bridgehead atoms. The second kappa shape index (κ2) is 6.38. The number of rotatable bonds is 6. The van der Waals surface area contributed by atoms with E-state index in [9.17, 15) is 9.59 Å². The first-order valence-electron chi connectivity index (χ1n) is 6.82. The van der Waals surface area contributed by atoms with Gasteiger partial charge in [-0.3, -0.25) is 4.79 Å². The maximum Gasteiger partial charge on any atom is 0.323 e. The Morgan fingerprint density at radius 3 is 2.80 bits per heavy atom. The molecule has 0 radical (unpaired) electrons. The lowest BCUT2D eigenvalue weighted by molar-refractivity contribution is -0.120. The molecule has 0 fully saturated rings. The van der Waals surface area contributed by atoms with Crippen LogP contribution in [0.3, 0.4) is 0 Å². The van der Waals surface area contributed by atoms with Crippen LogP contribution < -0.4 is 16.3 Å². The third kappa shape index (κ3) is 3.48. The Morgan fingerprint density at radius 1 is 1.30 bits per heavy atom. The van der Waals surface area contributed by atoms with Crippen LogP contribution in [-0.4, -0.2) is 29.0 Å². The van der Waals surface area contributed by atoms with E-state index in [1.165, 1.54) is 0 Å². The Morgan fingerprint density at radius 2 is 2.05 bits per heavy atom. The highest BCUT2D eigenvalue weighted by atomic mass is 16.1. The van der Waals surface area contributed by atoms with Crippen LogP contribution in [0.25, 0.3) is 11.0 Å². The van der Waals surface area contributed by atoms with Gasteiger partial charge in [-0.15, -0.1) is 0 Å². The topological polar surface area (TPSA) is 89.8 Å². The van der Waals surface area contributed by atoms with E-state index in [2.05, 4.69) is 20.6 Å². The molecule has 0 aliphatic heterocycles. The number of carbonyl (C=O) groups is 1. The van der Waals surface area contributed by atoms with E-state index in [4.69, 9.17) is 0 Å². The molecule has 0 saturated heterocycles. The number of hydrogen-bond acceptors (Lipinski definition) is 3. The van der Waals surface area contributed by atoms with Gasteiger partial charge in [-0.05, 0) is 31.5 Å². The van der Waals surface area contributed by atoms with E-state index in [1.54, 1.807) is 0 Å². The van der Waals surface area contributed by atoms with E-state index in [1.807, 2.05) is 32.0 Å². The lowest BCUT2D eigenvalue weighted by Gasteiger charge is -2.14. The highest BCUT2D eigenvalue weighted by Gasteiger charge is 2.08. The monoisotopic (exact) mass is 276 g/mol. The molecule has 2 rings (SSSR count). The van der Waals surface area contributed by atoms with Crippen LogP contribution in [0.15, 0.2) is 23.0 Å². The van der Waals surface area contributed by atoms with Gasteiger partial charge in [0.15, 0.2) is 0 Å². The van der Waals surface area contributed by atoms with E-state index in [-0.39, 0.29) is 17.6 Å². The van der Waals surface area contributed by atoms with E-state index in [0.717, 1.165) is 16.6 Å². The van der Waals surface area contributed by atoms with Crippen molar-refractivity contribution in [1.29, 1.82) is 0 Å². The molecule has 2 aromatic rings. The van der Waals surface area contributed by atoms with Crippen molar-refractivity contribution in [2.75, 3.05) is 13.1 Å². The molecular formula is C14H20N4O2. The van der Waals surface area contributed by atoms with Gasteiger partial charge in [0.1, 0.15) is 0 Å². The molecule has 1 atom stereocenters. The van der Waals surface area contributed by atoms with Crippen LogP contribution in [0.2, 0.25) is 0 Å². The summed E-state index contributed by atoms with van der Waals surface area (Å²) in [5, 5.41) is 6.06. The van der Waals surface area contributed by atoms with Gasteiger partial charge in [0.25, 0.3) is 0 Å². The lowest BCUT2D eigenvalue weighted by Crippen LogP contribution is -2.28. The summed E-state index contributed by atoms with van der Waals surface area (Å²) in [6.07, 6.45) is 0.460. The molecule has 108 valence electrons. The maximum absolute atomic E-state index is 11.3. The third-order valence-corrected chi connectivity index (χ3v) is 3.22. The Bertz CT molecular complexity index is 644. The molecule has 1 aromatic carbocycles. The molecule has 0 spiro atoms. The standard InChI is InChI=1S/C14H20N4O2/c1-3-15-13(19)6-7-16-9(2)10-4-5-11-12(8-10)18-14(20)17-11/h4-5,8-9,16H,3,6-7H2,1-2H3,(H,15,19)(H2,17,18,20). The summed E-state index contributed by atoms with van der Waals surface area (Å²) in [5.41, 5.74) is 2.47. The van der Waals surface area contributed by atoms with Crippen molar-refractivity contribution < 1.29 is 4.79 Å². The normalized spacial score (nSPS) is 12.5. The Kier molecular flexibility index (Phi) is 4.57. The zero-order valence-corrected chi connectivity index (χ0v) is 11.7. The molecule has 20 heavy (non-hydrogen) atoms. The predicted octanol–water partition coefficient (Wildman–Crippen LogP) is 1.03. The SMILES string of the molecule is CCNC(=O)CCNC(C)c1ccc2[nH]c(=O)[nH]c2c1. The van der Waals surface area contributed by atoms with Crippen LogP contribution in [-0.2, 0) is 4.79 Å². The minimum absolute atomic E-state index is 0.0533. The van der Waals surface area contributed by atoms with Gasteiger partial charge in [-0.25, -0.2) is 4.79 Å². The van der Waals surface area contributed by atoms with Crippen LogP contribution in [0, 0.1) is 0 Å². The summed E-state index contributed by atoms with van der Waals surface area (Å²) in [7, 11) is 0. The number of hydrogen-bond donors (Lipinski definition) is 4. The maximum atomic E-state index is 11.3.